The van der Waals surface area contributed by atoms with Crippen molar-refractivity contribution in [3.8, 4) is 0 Å². The highest BCUT2D eigenvalue weighted by Gasteiger charge is 1.98. The molecule has 0 aromatic carbocycles. The number of aliphatic carboxylic acids is 3. The predicted molar refractivity (Wildman–Crippen MR) is 144 cm³/mol. The van der Waals surface area contributed by atoms with Crippen LogP contribution in [0.4, 0.5) is 0 Å². The van der Waals surface area contributed by atoms with Crippen LogP contribution in [0.3, 0.4) is 0 Å². The molecular formula is C27H42N2O6. The van der Waals surface area contributed by atoms with Gasteiger partial charge in [0, 0.05) is 31.8 Å². The first kappa shape index (κ1) is 41.3. The van der Waals surface area contributed by atoms with Crippen LogP contribution >= 0.6 is 0 Å². The van der Waals surface area contributed by atoms with Gasteiger partial charge in [0.15, 0.2) is 0 Å². The van der Waals surface area contributed by atoms with Gasteiger partial charge in [-0.3, -0.25) is 4.90 Å². The van der Waals surface area contributed by atoms with Gasteiger partial charge in [-0.1, -0.05) is 57.7 Å². The van der Waals surface area contributed by atoms with Gasteiger partial charge in [0.25, 0.3) is 0 Å². The van der Waals surface area contributed by atoms with Crippen molar-refractivity contribution >= 4 is 17.9 Å². The molecular weight excluding hydrogens is 448 g/mol. The van der Waals surface area contributed by atoms with Crippen molar-refractivity contribution in [2.75, 3.05) is 39.3 Å². The van der Waals surface area contributed by atoms with Crippen LogP contribution in [0.2, 0.25) is 0 Å². The molecule has 0 atom stereocenters. The van der Waals surface area contributed by atoms with E-state index >= 15 is 0 Å². The van der Waals surface area contributed by atoms with Crippen molar-refractivity contribution in [3.63, 3.8) is 0 Å². The second-order valence-corrected chi connectivity index (χ2v) is 5.92. The van der Waals surface area contributed by atoms with Crippen molar-refractivity contribution in [1.29, 1.82) is 0 Å². The first-order chi connectivity index (χ1) is 16.5. The third kappa shape index (κ3) is 58.8. The van der Waals surface area contributed by atoms with Crippen molar-refractivity contribution < 1.29 is 34.6 Å². The zero-order valence-electron chi connectivity index (χ0n) is 20.8. The Kier molecular flexibility index (Phi) is 44.0. The summed E-state index contributed by atoms with van der Waals surface area (Å²) in [6.07, 6.45) is 13.8. The number of quaternary nitrogens is 1. The van der Waals surface area contributed by atoms with E-state index in [4.69, 9.17) is 20.1 Å². The molecule has 3 N–H and O–H groups in total. The number of hydrogen-bond acceptors (Lipinski definition) is 5. The molecule has 0 saturated heterocycles. The summed E-state index contributed by atoms with van der Waals surface area (Å²) in [5.41, 5.74) is 0. The average molecular weight is 491 g/mol. The smallest absolute Gasteiger partial charge is 0.327 e. The molecule has 0 aliphatic carbocycles. The molecule has 0 aromatic heterocycles. The summed E-state index contributed by atoms with van der Waals surface area (Å²) in [5, 5.41) is 24.3. The van der Waals surface area contributed by atoms with Gasteiger partial charge in [-0.15, -0.1) is 19.7 Å². The maximum absolute atomic E-state index is 9.25. The molecule has 196 valence electrons. The summed E-state index contributed by atoms with van der Waals surface area (Å²) in [6.45, 7) is 36.5. The van der Waals surface area contributed by atoms with Crippen LogP contribution in [0, 0.1) is 0 Å². The number of carbonyl (C=O) groups excluding carboxylic acids is 1. The minimum atomic E-state index is -1.23. The van der Waals surface area contributed by atoms with Crippen LogP contribution in [0.15, 0.2) is 114 Å². The van der Waals surface area contributed by atoms with Crippen molar-refractivity contribution in [3.05, 3.63) is 114 Å². The molecule has 8 nitrogen and oxygen atoms in total. The van der Waals surface area contributed by atoms with Crippen molar-refractivity contribution in [1.82, 2.24) is 4.90 Å². The summed E-state index contributed by atoms with van der Waals surface area (Å²) in [7, 11) is 0. The quantitative estimate of drug-likeness (QED) is 0.236. The molecule has 0 bridgehead atoms. The van der Waals surface area contributed by atoms with E-state index in [2.05, 4.69) is 64.1 Å². The standard InChI is InChI=1S/2C9H15N.3C3H4O2/c2*1-4-7-10(8-5-2)9-6-3;3*1-2-3(4)5/h2*4-6H,1-3,7-9H2;3*2H,1H2,(H,4,5). The van der Waals surface area contributed by atoms with E-state index in [1.54, 1.807) is 0 Å². The number of rotatable bonds is 15. The summed E-state index contributed by atoms with van der Waals surface area (Å²) in [5.74, 6) is -3.19. The third-order valence-corrected chi connectivity index (χ3v) is 2.98. The fraction of sp³-hybridized carbons (Fsp3) is 0.222. The Morgan fingerprint density at radius 3 is 0.943 bits per heavy atom. The molecule has 0 spiro atoms. The molecule has 8 heteroatoms. The second-order valence-electron chi connectivity index (χ2n) is 5.92. The monoisotopic (exact) mass is 490 g/mol. The lowest BCUT2D eigenvalue weighted by Gasteiger charge is -2.15. The van der Waals surface area contributed by atoms with Gasteiger partial charge in [0.2, 0.25) is 0 Å². The zero-order chi connectivity index (χ0) is 28.5. The van der Waals surface area contributed by atoms with Crippen LogP contribution in [0.25, 0.3) is 0 Å². The average Bonchev–Trinajstić information content (AvgIpc) is 2.81. The normalized spacial score (nSPS) is 8.06. The summed E-state index contributed by atoms with van der Waals surface area (Å²) in [6, 6.07) is 0. The van der Waals surface area contributed by atoms with Crippen molar-refractivity contribution in [2.45, 2.75) is 0 Å². The Bertz CT molecular complexity index is 548. The topological polar surface area (TPSA) is 122 Å². The predicted octanol–water partition coefficient (Wildman–Crippen LogP) is 1.71. The number of carboxylic acids is 3. The Hall–Kier alpha value is -4.01. The van der Waals surface area contributed by atoms with Gasteiger partial charge in [-0.25, -0.2) is 9.59 Å². The highest BCUT2D eigenvalue weighted by molar-refractivity contribution is 5.79. The molecule has 0 unspecified atom stereocenters. The molecule has 0 amide bonds. The number of hydrogen-bond donors (Lipinski definition) is 3. The van der Waals surface area contributed by atoms with Crippen LogP contribution < -0.4 is 10.0 Å². The van der Waals surface area contributed by atoms with E-state index < -0.39 is 17.9 Å². The molecule has 0 aliphatic heterocycles. The minimum absolute atomic E-state index is 0.722. The van der Waals surface area contributed by atoms with Gasteiger partial charge in [-0.05, 0) is 24.3 Å². The van der Waals surface area contributed by atoms with Crippen LogP contribution in [-0.4, -0.2) is 72.3 Å². The molecule has 0 radical (unpaired) electrons. The van der Waals surface area contributed by atoms with E-state index in [0.717, 1.165) is 57.5 Å². The zero-order valence-corrected chi connectivity index (χ0v) is 20.8. The molecule has 0 aliphatic rings. The third-order valence-electron chi connectivity index (χ3n) is 2.98. The first-order valence-electron chi connectivity index (χ1n) is 10.3. The number of nitrogens with one attached hydrogen (secondary N) is 1. The van der Waals surface area contributed by atoms with Crippen molar-refractivity contribution in [2.24, 2.45) is 0 Å². The maximum atomic E-state index is 9.25. The van der Waals surface area contributed by atoms with Gasteiger partial charge in [0.1, 0.15) is 0 Å². The summed E-state index contributed by atoms with van der Waals surface area (Å²) in [4.78, 5) is 31.3. The molecule has 0 aromatic rings. The molecule has 0 rings (SSSR count). The fourth-order valence-corrected chi connectivity index (χ4v) is 1.63. The summed E-state index contributed by atoms with van der Waals surface area (Å²) >= 11 is 0. The van der Waals surface area contributed by atoms with Crippen LogP contribution in [-0.2, 0) is 14.4 Å². The number of nitrogens with zero attached hydrogens (tertiary/aromatic N) is 1. The number of carbonyl (C=O) groups is 3. The first-order valence-corrected chi connectivity index (χ1v) is 10.3. The maximum Gasteiger partial charge on any atom is 0.327 e. The van der Waals surface area contributed by atoms with Crippen LogP contribution in [0.1, 0.15) is 0 Å². The number of carboxylic acid groups (broad SMARTS) is 3. The highest BCUT2D eigenvalue weighted by atomic mass is 16.4. The molecule has 0 heterocycles. The molecule has 35 heavy (non-hydrogen) atoms. The van der Waals surface area contributed by atoms with E-state index in [9.17, 15) is 9.59 Å². The lowest BCUT2D eigenvalue weighted by Crippen LogP contribution is -3.11. The Morgan fingerprint density at radius 2 is 0.829 bits per heavy atom. The SMILES string of the molecule is C=CC(=O)O.C=CC(=O)O.C=CC(=O)[O-].C=CCN(CC=C)CC=C.C=CC[NH+](CC=C)CC=C. The minimum Gasteiger partial charge on any atom is -0.545 e. The Labute approximate surface area is 210 Å². The largest absolute Gasteiger partial charge is 0.545 e. The van der Waals surface area contributed by atoms with E-state index in [1.165, 1.54) is 4.90 Å². The van der Waals surface area contributed by atoms with Gasteiger partial charge in [0.05, 0.1) is 25.6 Å². The highest BCUT2D eigenvalue weighted by Crippen LogP contribution is 1.88. The molecule has 0 saturated carbocycles. The van der Waals surface area contributed by atoms with Crippen LogP contribution in [0.5, 0.6) is 0 Å². The van der Waals surface area contributed by atoms with E-state index in [-0.39, 0.29) is 0 Å². The van der Waals surface area contributed by atoms with Gasteiger partial charge < -0.3 is 25.0 Å². The second kappa shape index (κ2) is 37.3. The van der Waals surface area contributed by atoms with E-state index in [1.807, 2.05) is 36.5 Å². The Balaban J connectivity index is -0.000000112. The van der Waals surface area contributed by atoms with E-state index in [0.29, 0.717) is 0 Å². The van der Waals surface area contributed by atoms with Gasteiger partial charge >= 0.3 is 11.9 Å². The summed E-state index contributed by atoms with van der Waals surface area (Å²) < 4.78 is 0. The Morgan fingerprint density at radius 1 is 0.600 bits per heavy atom. The molecule has 0 fully saturated rings. The fourth-order valence-electron chi connectivity index (χ4n) is 1.63. The lowest BCUT2D eigenvalue weighted by atomic mass is 10.4. The lowest BCUT2D eigenvalue weighted by molar-refractivity contribution is -0.881. The van der Waals surface area contributed by atoms with Gasteiger partial charge in [-0.2, -0.15) is 0 Å².